The number of aliphatic carboxylic acids is 1. The van der Waals surface area contributed by atoms with Crippen molar-refractivity contribution in [3.8, 4) is 0 Å². The van der Waals surface area contributed by atoms with Gasteiger partial charge in [-0.1, -0.05) is 0 Å². The molecule has 2 N–H and O–H groups in total. The molecule has 0 spiro atoms. The van der Waals surface area contributed by atoms with Gasteiger partial charge in [0, 0.05) is 24.9 Å². The summed E-state index contributed by atoms with van der Waals surface area (Å²) in [5.41, 5.74) is 0.691. The van der Waals surface area contributed by atoms with Crippen molar-refractivity contribution in [1.82, 2.24) is 19.9 Å². The first kappa shape index (κ1) is 13.3. The Morgan fingerprint density at radius 3 is 3.00 bits per heavy atom. The van der Waals surface area contributed by atoms with E-state index in [0.29, 0.717) is 10.7 Å². The van der Waals surface area contributed by atoms with Gasteiger partial charge < -0.3 is 10.4 Å². The lowest BCUT2D eigenvalue weighted by atomic mass is 10.3. The number of fused-ring (bicyclic) bond motifs is 1. The first-order chi connectivity index (χ1) is 9.06. The second kappa shape index (κ2) is 5.70. The van der Waals surface area contributed by atoms with Gasteiger partial charge in [-0.15, -0.1) is 11.8 Å². The number of nitrogens with zero attached hydrogens (tertiary/aromatic N) is 3. The lowest BCUT2D eigenvalue weighted by molar-refractivity contribution is -0.140. The van der Waals surface area contributed by atoms with Crippen LogP contribution in [0.1, 0.15) is 6.92 Å². The standard InChI is InChI=1S/C11H12N4O3S/c1-7(16)13-8(11(17)18)6-19-10-3-5-15-9(14-10)2-4-12-15/h2-5,8H,6H2,1H3,(H,13,16)(H,17,18)/t8-/m0/s1. The molecule has 0 bridgehead atoms. The van der Waals surface area contributed by atoms with Crippen LogP contribution in [0.4, 0.5) is 0 Å². The van der Waals surface area contributed by atoms with Crippen LogP contribution < -0.4 is 5.32 Å². The van der Waals surface area contributed by atoms with Gasteiger partial charge in [0.1, 0.15) is 11.1 Å². The number of nitrogens with one attached hydrogen (secondary N) is 1. The summed E-state index contributed by atoms with van der Waals surface area (Å²) in [6.07, 6.45) is 3.38. The highest BCUT2D eigenvalue weighted by atomic mass is 32.2. The van der Waals surface area contributed by atoms with E-state index in [2.05, 4.69) is 15.4 Å². The predicted molar refractivity (Wildman–Crippen MR) is 69.0 cm³/mol. The van der Waals surface area contributed by atoms with Crippen LogP contribution in [0.5, 0.6) is 0 Å². The van der Waals surface area contributed by atoms with Crippen molar-refractivity contribution in [3.63, 3.8) is 0 Å². The van der Waals surface area contributed by atoms with Gasteiger partial charge in [-0.05, 0) is 6.07 Å². The van der Waals surface area contributed by atoms with Crippen LogP contribution >= 0.6 is 11.8 Å². The van der Waals surface area contributed by atoms with E-state index in [1.807, 2.05) is 0 Å². The molecule has 0 fully saturated rings. The molecule has 100 valence electrons. The minimum atomic E-state index is -1.06. The highest BCUT2D eigenvalue weighted by Gasteiger charge is 2.18. The first-order valence-corrected chi connectivity index (χ1v) is 6.48. The molecule has 2 aromatic heterocycles. The van der Waals surface area contributed by atoms with Gasteiger partial charge in [0.15, 0.2) is 5.65 Å². The Morgan fingerprint density at radius 1 is 1.53 bits per heavy atom. The van der Waals surface area contributed by atoms with Crippen LogP contribution in [0.15, 0.2) is 29.6 Å². The molecular weight excluding hydrogens is 268 g/mol. The Labute approximate surface area is 113 Å². The van der Waals surface area contributed by atoms with Crippen molar-refractivity contribution < 1.29 is 14.7 Å². The fourth-order valence-corrected chi connectivity index (χ4v) is 2.34. The Bertz CT molecular complexity index is 613. The molecule has 0 aliphatic heterocycles. The minimum Gasteiger partial charge on any atom is -0.480 e. The normalized spacial score (nSPS) is 12.3. The van der Waals surface area contributed by atoms with E-state index in [1.54, 1.807) is 29.0 Å². The molecule has 0 aromatic carbocycles. The van der Waals surface area contributed by atoms with Gasteiger partial charge in [0.05, 0.1) is 6.20 Å². The second-order valence-electron chi connectivity index (χ2n) is 3.80. The molecule has 0 saturated heterocycles. The molecule has 2 rings (SSSR count). The van der Waals surface area contributed by atoms with Gasteiger partial charge in [-0.25, -0.2) is 14.3 Å². The van der Waals surface area contributed by atoms with Crippen molar-refractivity contribution >= 4 is 29.3 Å². The van der Waals surface area contributed by atoms with Crippen LogP contribution in [-0.2, 0) is 9.59 Å². The molecule has 1 atom stereocenters. The Balaban J connectivity index is 2.03. The Hall–Kier alpha value is -2.09. The number of hydrogen-bond donors (Lipinski definition) is 2. The smallest absolute Gasteiger partial charge is 0.327 e. The summed E-state index contributed by atoms with van der Waals surface area (Å²) in [5, 5.41) is 16.1. The van der Waals surface area contributed by atoms with E-state index in [0.717, 1.165) is 0 Å². The number of thioether (sulfide) groups is 1. The molecule has 8 heteroatoms. The van der Waals surface area contributed by atoms with Crippen molar-refractivity contribution in [2.75, 3.05) is 5.75 Å². The largest absolute Gasteiger partial charge is 0.480 e. The average Bonchev–Trinajstić information content (AvgIpc) is 2.80. The van der Waals surface area contributed by atoms with Crippen molar-refractivity contribution in [2.24, 2.45) is 0 Å². The van der Waals surface area contributed by atoms with E-state index in [9.17, 15) is 9.59 Å². The van der Waals surface area contributed by atoms with Crippen molar-refractivity contribution in [2.45, 2.75) is 18.0 Å². The number of carbonyl (C=O) groups excluding carboxylic acids is 1. The number of amides is 1. The SMILES string of the molecule is CC(=O)N[C@@H](CSc1ccn2nccc2n1)C(=O)O. The first-order valence-electron chi connectivity index (χ1n) is 5.49. The summed E-state index contributed by atoms with van der Waals surface area (Å²) >= 11 is 1.27. The highest BCUT2D eigenvalue weighted by molar-refractivity contribution is 7.99. The molecule has 0 unspecified atom stereocenters. The third-order valence-electron chi connectivity index (χ3n) is 2.31. The second-order valence-corrected chi connectivity index (χ2v) is 4.84. The highest BCUT2D eigenvalue weighted by Crippen LogP contribution is 2.17. The van der Waals surface area contributed by atoms with Crippen LogP contribution in [0, 0.1) is 0 Å². The number of carboxylic acids is 1. The maximum atomic E-state index is 11.0. The molecule has 0 saturated carbocycles. The third-order valence-corrected chi connectivity index (χ3v) is 3.33. The molecule has 0 radical (unpaired) electrons. The molecule has 0 aliphatic carbocycles. The summed E-state index contributed by atoms with van der Waals surface area (Å²) in [5.74, 6) is -1.22. The number of carbonyl (C=O) groups is 2. The Kier molecular flexibility index (Phi) is 4.00. The number of hydrogen-bond acceptors (Lipinski definition) is 5. The molecule has 7 nitrogen and oxygen atoms in total. The summed E-state index contributed by atoms with van der Waals surface area (Å²) in [6, 6.07) is 2.58. The fourth-order valence-electron chi connectivity index (χ4n) is 1.46. The summed E-state index contributed by atoms with van der Waals surface area (Å²) < 4.78 is 1.62. The topological polar surface area (TPSA) is 96.6 Å². The molecule has 0 aliphatic rings. The summed E-state index contributed by atoms with van der Waals surface area (Å²) in [7, 11) is 0. The zero-order valence-electron chi connectivity index (χ0n) is 10.1. The Morgan fingerprint density at radius 2 is 2.32 bits per heavy atom. The monoisotopic (exact) mass is 280 g/mol. The van der Waals surface area contributed by atoms with Crippen molar-refractivity contribution in [3.05, 3.63) is 24.5 Å². The van der Waals surface area contributed by atoms with Gasteiger partial charge >= 0.3 is 5.97 Å². The number of carboxylic acid groups (broad SMARTS) is 1. The van der Waals surface area contributed by atoms with Gasteiger partial charge in [-0.3, -0.25) is 4.79 Å². The maximum Gasteiger partial charge on any atom is 0.327 e. The molecule has 1 amide bonds. The van der Waals surface area contributed by atoms with E-state index in [1.165, 1.54) is 18.7 Å². The number of rotatable bonds is 5. The predicted octanol–water partition coefficient (Wildman–Crippen LogP) is 0.411. The van der Waals surface area contributed by atoms with E-state index < -0.39 is 12.0 Å². The van der Waals surface area contributed by atoms with Crippen LogP contribution in [0.2, 0.25) is 0 Å². The molecule has 2 aromatic rings. The zero-order chi connectivity index (χ0) is 13.8. The van der Waals surface area contributed by atoms with Gasteiger partial charge in [-0.2, -0.15) is 5.10 Å². The average molecular weight is 280 g/mol. The number of aromatic nitrogens is 3. The van der Waals surface area contributed by atoms with Crippen LogP contribution in [0.3, 0.4) is 0 Å². The maximum absolute atomic E-state index is 11.0. The quantitative estimate of drug-likeness (QED) is 0.608. The lowest BCUT2D eigenvalue weighted by Crippen LogP contribution is -2.41. The molecule has 2 heterocycles. The van der Waals surface area contributed by atoms with Gasteiger partial charge in [0.2, 0.25) is 5.91 Å². The van der Waals surface area contributed by atoms with Gasteiger partial charge in [0.25, 0.3) is 0 Å². The van der Waals surface area contributed by atoms with E-state index in [4.69, 9.17) is 5.11 Å². The fraction of sp³-hybridized carbons (Fsp3) is 0.273. The summed E-state index contributed by atoms with van der Waals surface area (Å²) in [4.78, 5) is 26.2. The molecule has 19 heavy (non-hydrogen) atoms. The van der Waals surface area contributed by atoms with E-state index >= 15 is 0 Å². The third kappa shape index (κ3) is 3.44. The zero-order valence-corrected chi connectivity index (χ0v) is 10.9. The lowest BCUT2D eigenvalue weighted by Gasteiger charge is -2.12. The van der Waals surface area contributed by atoms with E-state index in [-0.39, 0.29) is 11.7 Å². The van der Waals surface area contributed by atoms with Crippen LogP contribution in [0.25, 0.3) is 5.65 Å². The minimum absolute atomic E-state index is 0.215. The van der Waals surface area contributed by atoms with Crippen molar-refractivity contribution in [1.29, 1.82) is 0 Å². The molecular formula is C11H12N4O3S. The summed E-state index contributed by atoms with van der Waals surface area (Å²) in [6.45, 7) is 1.29. The van der Waals surface area contributed by atoms with Crippen LogP contribution in [-0.4, -0.2) is 43.4 Å².